The number of anilines is 1. The van der Waals surface area contributed by atoms with Crippen molar-refractivity contribution in [1.82, 2.24) is 0 Å². The lowest BCUT2D eigenvalue weighted by Crippen LogP contribution is -2.31. The second-order valence-corrected chi connectivity index (χ2v) is 4.42. The Kier molecular flexibility index (Phi) is 3.74. The zero-order valence-corrected chi connectivity index (χ0v) is 10.6. The average molecular weight is 263 g/mol. The number of benzene rings is 1. The summed E-state index contributed by atoms with van der Waals surface area (Å²) in [7, 11) is 0. The van der Waals surface area contributed by atoms with E-state index in [-0.39, 0.29) is 23.6 Å². The van der Waals surface area contributed by atoms with E-state index in [2.05, 4.69) is 0 Å². The van der Waals surface area contributed by atoms with Gasteiger partial charge in [0.2, 0.25) is 0 Å². The molecule has 0 bridgehead atoms. The van der Waals surface area contributed by atoms with Gasteiger partial charge in [0.25, 0.3) is 11.7 Å². The van der Waals surface area contributed by atoms with Crippen molar-refractivity contribution in [2.45, 2.75) is 26.2 Å². The standard InChI is InChI=1S/C14H14FNO3/c1-2-9(17)5-4-8-16-12-10(13(18)14(16)19)6-3-7-11(12)15/h3,6-7H,2,4-5,8H2,1H3. The lowest BCUT2D eigenvalue weighted by molar-refractivity contribution is -0.119. The predicted octanol–water partition coefficient (Wildman–Crippen LogP) is 2.11. The summed E-state index contributed by atoms with van der Waals surface area (Å²) in [5.41, 5.74) is 0.147. The van der Waals surface area contributed by atoms with Gasteiger partial charge in [-0.15, -0.1) is 0 Å². The predicted molar refractivity (Wildman–Crippen MR) is 67.6 cm³/mol. The SMILES string of the molecule is CCC(=O)CCCN1C(=O)C(=O)c2cccc(F)c21. The Bertz CT molecular complexity index is 554. The summed E-state index contributed by atoms with van der Waals surface area (Å²) in [5, 5.41) is 0. The molecule has 0 spiro atoms. The number of para-hydroxylation sites is 1. The number of nitrogens with zero attached hydrogens (tertiary/aromatic N) is 1. The molecule has 0 N–H and O–H groups in total. The molecule has 1 amide bonds. The van der Waals surface area contributed by atoms with E-state index in [9.17, 15) is 18.8 Å². The van der Waals surface area contributed by atoms with Crippen LogP contribution in [-0.2, 0) is 9.59 Å². The smallest absolute Gasteiger partial charge is 0.299 e. The highest BCUT2D eigenvalue weighted by Crippen LogP contribution is 2.31. The minimum absolute atomic E-state index is 0.0430. The van der Waals surface area contributed by atoms with E-state index in [1.807, 2.05) is 0 Å². The van der Waals surface area contributed by atoms with Crippen LogP contribution < -0.4 is 4.90 Å². The topological polar surface area (TPSA) is 54.5 Å². The van der Waals surface area contributed by atoms with E-state index in [1.165, 1.54) is 18.2 Å². The van der Waals surface area contributed by atoms with E-state index in [0.29, 0.717) is 19.3 Å². The van der Waals surface area contributed by atoms with Gasteiger partial charge in [0.1, 0.15) is 11.6 Å². The summed E-state index contributed by atoms with van der Waals surface area (Å²) in [6.45, 7) is 1.95. The van der Waals surface area contributed by atoms with Crippen LogP contribution in [0.25, 0.3) is 0 Å². The fourth-order valence-corrected chi connectivity index (χ4v) is 2.14. The molecule has 0 radical (unpaired) electrons. The summed E-state index contributed by atoms with van der Waals surface area (Å²) in [6, 6.07) is 4.06. The molecule has 100 valence electrons. The van der Waals surface area contributed by atoms with E-state index < -0.39 is 17.5 Å². The van der Waals surface area contributed by atoms with Crippen molar-refractivity contribution in [3.05, 3.63) is 29.6 Å². The van der Waals surface area contributed by atoms with Crippen molar-refractivity contribution in [3.63, 3.8) is 0 Å². The van der Waals surface area contributed by atoms with Crippen molar-refractivity contribution in [1.29, 1.82) is 0 Å². The number of hydrogen-bond acceptors (Lipinski definition) is 3. The molecule has 4 nitrogen and oxygen atoms in total. The largest absolute Gasteiger partial charge is 0.302 e. The summed E-state index contributed by atoms with van der Waals surface area (Å²) < 4.78 is 13.7. The molecule has 19 heavy (non-hydrogen) atoms. The van der Waals surface area contributed by atoms with Crippen molar-refractivity contribution >= 4 is 23.2 Å². The van der Waals surface area contributed by atoms with Crippen LogP contribution >= 0.6 is 0 Å². The molecule has 1 aliphatic rings. The van der Waals surface area contributed by atoms with E-state index in [0.717, 1.165) is 4.90 Å². The molecular weight excluding hydrogens is 249 g/mol. The number of fused-ring (bicyclic) bond motifs is 1. The van der Waals surface area contributed by atoms with Gasteiger partial charge in [-0.05, 0) is 18.6 Å². The van der Waals surface area contributed by atoms with Crippen LogP contribution in [0.5, 0.6) is 0 Å². The maximum absolute atomic E-state index is 13.7. The minimum atomic E-state index is -0.718. The lowest BCUT2D eigenvalue weighted by atomic mass is 10.1. The Balaban J connectivity index is 2.17. The number of Topliss-reactive ketones (excluding diaryl/α,β-unsaturated/α-hetero) is 2. The minimum Gasteiger partial charge on any atom is -0.302 e. The van der Waals surface area contributed by atoms with E-state index >= 15 is 0 Å². The molecule has 2 rings (SSSR count). The summed E-state index contributed by atoms with van der Waals surface area (Å²) in [5.74, 6) is -1.90. The van der Waals surface area contributed by atoms with Gasteiger partial charge in [-0.25, -0.2) is 4.39 Å². The van der Waals surface area contributed by atoms with Crippen LogP contribution in [0, 0.1) is 5.82 Å². The number of ketones is 2. The van der Waals surface area contributed by atoms with Crippen LogP contribution in [-0.4, -0.2) is 24.0 Å². The van der Waals surface area contributed by atoms with Gasteiger partial charge in [-0.3, -0.25) is 14.4 Å². The quantitative estimate of drug-likeness (QED) is 0.764. The van der Waals surface area contributed by atoms with E-state index in [4.69, 9.17) is 0 Å². The molecule has 1 heterocycles. The zero-order valence-electron chi connectivity index (χ0n) is 10.6. The first-order valence-electron chi connectivity index (χ1n) is 6.22. The summed E-state index contributed by atoms with van der Waals surface area (Å²) in [6.07, 6.45) is 1.20. The third kappa shape index (κ3) is 2.41. The molecule has 0 saturated carbocycles. The van der Waals surface area contributed by atoms with Gasteiger partial charge >= 0.3 is 0 Å². The highest BCUT2D eigenvalue weighted by molar-refractivity contribution is 6.52. The molecule has 0 saturated heterocycles. The molecule has 5 heteroatoms. The van der Waals surface area contributed by atoms with Crippen LogP contribution in [0.15, 0.2) is 18.2 Å². The van der Waals surface area contributed by atoms with Crippen LogP contribution in [0.1, 0.15) is 36.5 Å². The Hall–Kier alpha value is -2.04. The fraction of sp³-hybridized carbons (Fsp3) is 0.357. The molecule has 0 fully saturated rings. The second-order valence-electron chi connectivity index (χ2n) is 4.42. The molecule has 0 atom stereocenters. The first-order chi connectivity index (χ1) is 9.06. The van der Waals surface area contributed by atoms with Gasteiger partial charge in [0.05, 0.1) is 11.3 Å². The van der Waals surface area contributed by atoms with Gasteiger partial charge in [0.15, 0.2) is 0 Å². The number of hydrogen-bond donors (Lipinski definition) is 0. The lowest BCUT2D eigenvalue weighted by Gasteiger charge is -2.16. The third-order valence-corrected chi connectivity index (χ3v) is 3.17. The number of carbonyl (C=O) groups is 3. The van der Waals surface area contributed by atoms with Crippen molar-refractivity contribution in [2.24, 2.45) is 0 Å². The maximum atomic E-state index is 13.7. The van der Waals surface area contributed by atoms with Gasteiger partial charge in [0, 0.05) is 19.4 Å². The van der Waals surface area contributed by atoms with Crippen molar-refractivity contribution < 1.29 is 18.8 Å². The Labute approximate surface area is 110 Å². The van der Waals surface area contributed by atoms with Gasteiger partial charge in [-0.1, -0.05) is 13.0 Å². The molecule has 0 aromatic heterocycles. The highest BCUT2D eigenvalue weighted by atomic mass is 19.1. The van der Waals surface area contributed by atoms with Gasteiger partial charge < -0.3 is 4.90 Å². The Morgan fingerprint density at radius 3 is 2.74 bits per heavy atom. The second kappa shape index (κ2) is 5.30. The monoisotopic (exact) mass is 263 g/mol. The molecule has 1 aromatic rings. The fourth-order valence-electron chi connectivity index (χ4n) is 2.14. The number of carbonyl (C=O) groups excluding carboxylic acids is 3. The third-order valence-electron chi connectivity index (χ3n) is 3.17. The molecule has 0 unspecified atom stereocenters. The van der Waals surface area contributed by atoms with Crippen molar-refractivity contribution in [3.8, 4) is 0 Å². The van der Waals surface area contributed by atoms with E-state index in [1.54, 1.807) is 6.92 Å². The number of rotatable bonds is 5. The van der Waals surface area contributed by atoms with Crippen LogP contribution in [0.4, 0.5) is 10.1 Å². The molecule has 0 aliphatic carbocycles. The highest BCUT2D eigenvalue weighted by Gasteiger charge is 2.37. The molecule has 1 aliphatic heterocycles. The Morgan fingerprint density at radius 1 is 1.32 bits per heavy atom. The average Bonchev–Trinajstić information content (AvgIpc) is 2.65. The number of amides is 1. The maximum Gasteiger partial charge on any atom is 0.299 e. The van der Waals surface area contributed by atoms with Crippen molar-refractivity contribution in [2.75, 3.05) is 11.4 Å². The molecule has 1 aromatic carbocycles. The molecular formula is C14H14FNO3. The number of halogens is 1. The summed E-state index contributed by atoms with van der Waals surface area (Å²) in [4.78, 5) is 35.8. The first-order valence-corrected chi connectivity index (χ1v) is 6.22. The van der Waals surface area contributed by atoms with Crippen LogP contribution in [0.3, 0.4) is 0 Å². The first kappa shape index (κ1) is 13.4. The Morgan fingerprint density at radius 2 is 2.05 bits per heavy atom. The van der Waals surface area contributed by atoms with Crippen LogP contribution in [0.2, 0.25) is 0 Å². The zero-order chi connectivity index (χ0) is 14.0. The summed E-state index contributed by atoms with van der Waals surface area (Å²) >= 11 is 0. The van der Waals surface area contributed by atoms with Gasteiger partial charge in [-0.2, -0.15) is 0 Å². The normalized spacial score (nSPS) is 13.9.